The van der Waals surface area contributed by atoms with Crippen molar-refractivity contribution in [3.8, 4) is 0 Å². The minimum Gasteiger partial charge on any atom is -0.481 e. The van der Waals surface area contributed by atoms with Crippen LogP contribution in [0.3, 0.4) is 0 Å². The SMILES string of the molecule is CN(c1csc2ccccc12)C1CC(C(=O)O)C1. The van der Waals surface area contributed by atoms with Crippen molar-refractivity contribution in [3.05, 3.63) is 29.6 Å². The summed E-state index contributed by atoms with van der Waals surface area (Å²) in [6.07, 6.45) is 1.52. The Bertz CT molecular complexity index is 586. The normalized spacial score (nSPS) is 22.7. The zero-order chi connectivity index (χ0) is 12.7. The summed E-state index contributed by atoms with van der Waals surface area (Å²) in [6.45, 7) is 0. The van der Waals surface area contributed by atoms with Crippen LogP contribution in [0.15, 0.2) is 29.6 Å². The van der Waals surface area contributed by atoms with Gasteiger partial charge in [-0.1, -0.05) is 18.2 Å². The monoisotopic (exact) mass is 261 g/mol. The Hall–Kier alpha value is -1.55. The van der Waals surface area contributed by atoms with Gasteiger partial charge in [0.15, 0.2) is 0 Å². The molecule has 18 heavy (non-hydrogen) atoms. The molecular formula is C14H15NO2S. The van der Waals surface area contributed by atoms with Gasteiger partial charge in [-0.25, -0.2) is 0 Å². The van der Waals surface area contributed by atoms with Crippen LogP contribution < -0.4 is 4.90 Å². The Morgan fingerprint density at radius 2 is 2.11 bits per heavy atom. The van der Waals surface area contributed by atoms with Crippen molar-refractivity contribution in [2.45, 2.75) is 18.9 Å². The molecule has 0 bridgehead atoms. The van der Waals surface area contributed by atoms with Crippen LogP contribution in [0.5, 0.6) is 0 Å². The number of fused-ring (bicyclic) bond motifs is 1. The molecule has 1 aromatic carbocycles. The van der Waals surface area contributed by atoms with Gasteiger partial charge in [-0.15, -0.1) is 11.3 Å². The molecule has 0 atom stereocenters. The zero-order valence-corrected chi connectivity index (χ0v) is 11.0. The maximum atomic E-state index is 10.8. The lowest BCUT2D eigenvalue weighted by Gasteiger charge is -2.40. The molecule has 1 aromatic heterocycles. The van der Waals surface area contributed by atoms with Crippen LogP contribution in [0.25, 0.3) is 10.1 Å². The third-order valence-electron chi connectivity index (χ3n) is 3.85. The molecule has 0 unspecified atom stereocenters. The second kappa shape index (κ2) is 4.28. The van der Waals surface area contributed by atoms with E-state index < -0.39 is 5.97 Å². The van der Waals surface area contributed by atoms with Crippen LogP contribution in [0.4, 0.5) is 5.69 Å². The molecule has 1 aliphatic carbocycles. The molecule has 4 heteroatoms. The summed E-state index contributed by atoms with van der Waals surface area (Å²) in [4.78, 5) is 13.1. The van der Waals surface area contributed by atoms with Crippen molar-refractivity contribution in [1.29, 1.82) is 0 Å². The first kappa shape index (κ1) is 11.5. The minimum absolute atomic E-state index is 0.151. The van der Waals surface area contributed by atoms with Crippen LogP contribution >= 0.6 is 11.3 Å². The highest BCUT2D eigenvalue weighted by Gasteiger charge is 2.37. The third kappa shape index (κ3) is 1.77. The predicted octanol–water partition coefficient (Wildman–Crippen LogP) is 3.20. The molecule has 1 aliphatic rings. The molecule has 0 saturated heterocycles. The van der Waals surface area contributed by atoms with E-state index >= 15 is 0 Å². The first-order chi connectivity index (χ1) is 8.66. The van der Waals surface area contributed by atoms with E-state index in [0.29, 0.717) is 6.04 Å². The summed E-state index contributed by atoms with van der Waals surface area (Å²) in [5.41, 5.74) is 1.23. The Kier molecular flexibility index (Phi) is 2.74. The van der Waals surface area contributed by atoms with E-state index in [4.69, 9.17) is 5.11 Å². The summed E-state index contributed by atoms with van der Waals surface area (Å²) in [5.74, 6) is -0.808. The number of carboxylic acid groups (broad SMARTS) is 1. The number of carbonyl (C=O) groups is 1. The highest BCUT2D eigenvalue weighted by Crippen LogP contribution is 2.38. The fourth-order valence-corrected chi connectivity index (χ4v) is 3.53. The summed E-state index contributed by atoms with van der Waals surface area (Å²) in [6, 6.07) is 8.71. The van der Waals surface area contributed by atoms with Crippen molar-refractivity contribution in [1.82, 2.24) is 0 Å². The Labute approximate surface area is 110 Å². The van der Waals surface area contributed by atoms with Crippen molar-refractivity contribution >= 4 is 33.1 Å². The Morgan fingerprint density at radius 1 is 1.39 bits per heavy atom. The standard InChI is InChI=1S/C14H15NO2S/c1-15(10-6-9(7-10)14(16)17)12-8-18-13-5-3-2-4-11(12)13/h2-5,8-10H,6-7H2,1H3,(H,16,17). The number of nitrogens with zero attached hydrogens (tertiary/aromatic N) is 1. The van der Waals surface area contributed by atoms with Gasteiger partial charge in [0.1, 0.15) is 0 Å². The highest BCUT2D eigenvalue weighted by atomic mass is 32.1. The number of hydrogen-bond donors (Lipinski definition) is 1. The van der Waals surface area contributed by atoms with E-state index in [1.807, 2.05) is 12.1 Å². The molecule has 2 aromatic rings. The van der Waals surface area contributed by atoms with Crippen LogP contribution in [0.1, 0.15) is 12.8 Å². The van der Waals surface area contributed by atoms with Crippen molar-refractivity contribution in [2.75, 3.05) is 11.9 Å². The molecule has 0 radical (unpaired) electrons. The molecule has 0 amide bonds. The lowest BCUT2D eigenvalue weighted by molar-refractivity contribution is -0.145. The molecule has 0 spiro atoms. The number of benzene rings is 1. The summed E-state index contributed by atoms with van der Waals surface area (Å²) >= 11 is 1.74. The topological polar surface area (TPSA) is 40.5 Å². The maximum absolute atomic E-state index is 10.8. The van der Waals surface area contributed by atoms with Gasteiger partial charge in [0.05, 0.1) is 11.6 Å². The van der Waals surface area contributed by atoms with Gasteiger partial charge in [0, 0.05) is 28.6 Å². The van der Waals surface area contributed by atoms with E-state index in [0.717, 1.165) is 12.8 Å². The van der Waals surface area contributed by atoms with Gasteiger partial charge in [0.2, 0.25) is 0 Å². The van der Waals surface area contributed by atoms with E-state index in [-0.39, 0.29) is 5.92 Å². The Morgan fingerprint density at radius 3 is 2.83 bits per heavy atom. The van der Waals surface area contributed by atoms with Crippen molar-refractivity contribution in [3.63, 3.8) is 0 Å². The van der Waals surface area contributed by atoms with Crippen molar-refractivity contribution < 1.29 is 9.90 Å². The number of carboxylic acids is 1. The largest absolute Gasteiger partial charge is 0.481 e. The molecular weight excluding hydrogens is 246 g/mol. The second-order valence-corrected chi connectivity index (χ2v) is 5.80. The fraction of sp³-hybridized carbons (Fsp3) is 0.357. The lowest BCUT2D eigenvalue weighted by Crippen LogP contribution is -2.45. The summed E-state index contributed by atoms with van der Waals surface area (Å²) in [7, 11) is 2.07. The van der Waals surface area contributed by atoms with Crippen molar-refractivity contribution in [2.24, 2.45) is 5.92 Å². The summed E-state index contributed by atoms with van der Waals surface area (Å²) < 4.78 is 1.29. The lowest BCUT2D eigenvalue weighted by atomic mass is 9.79. The second-order valence-electron chi connectivity index (χ2n) is 4.89. The van der Waals surface area contributed by atoms with E-state index in [2.05, 4.69) is 29.5 Å². The van der Waals surface area contributed by atoms with Crippen LogP contribution in [-0.4, -0.2) is 24.2 Å². The van der Waals surface area contributed by atoms with Crippen LogP contribution in [-0.2, 0) is 4.79 Å². The number of aliphatic carboxylic acids is 1. The number of hydrogen-bond acceptors (Lipinski definition) is 3. The third-order valence-corrected chi connectivity index (χ3v) is 4.80. The van der Waals surface area contributed by atoms with Gasteiger partial charge in [0.25, 0.3) is 0 Å². The van der Waals surface area contributed by atoms with Gasteiger partial charge < -0.3 is 10.0 Å². The van der Waals surface area contributed by atoms with Gasteiger partial charge in [-0.05, 0) is 18.9 Å². The van der Waals surface area contributed by atoms with Gasteiger partial charge in [-0.3, -0.25) is 4.79 Å². The van der Waals surface area contributed by atoms with Crippen LogP contribution in [0.2, 0.25) is 0 Å². The molecule has 1 heterocycles. The number of anilines is 1. The average Bonchev–Trinajstić information content (AvgIpc) is 2.69. The first-order valence-electron chi connectivity index (χ1n) is 6.08. The molecule has 3 nitrogen and oxygen atoms in total. The predicted molar refractivity (Wildman–Crippen MR) is 74.4 cm³/mol. The molecule has 3 rings (SSSR count). The van der Waals surface area contributed by atoms with Crippen LogP contribution in [0, 0.1) is 5.92 Å². The summed E-state index contributed by atoms with van der Waals surface area (Å²) in [5, 5.41) is 12.4. The smallest absolute Gasteiger partial charge is 0.306 e. The average molecular weight is 261 g/mol. The van der Waals surface area contributed by atoms with E-state index in [1.165, 1.54) is 15.8 Å². The van der Waals surface area contributed by atoms with Gasteiger partial charge in [-0.2, -0.15) is 0 Å². The highest BCUT2D eigenvalue weighted by molar-refractivity contribution is 7.17. The first-order valence-corrected chi connectivity index (χ1v) is 6.96. The molecule has 94 valence electrons. The minimum atomic E-state index is -0.658. The van der Waals surface area contributed by atoms with E-state index in [9.17, 15) is 4.79 Å². The molecule has 1 fully saturated rings. The maximum Gasteiger partial charge on any atom is 0.306 e. The molecule has 1 N–H and O–H groups in total. The molecule has 1 saturated carbocycles. The fourth-order valence-electron chi connectivity index (χ4n) is 2.54. The zero-order valence-electron chi connectivity index (χ0n) is 10.2. The Balaban J connectivity index is 1.81. The quantitative estimate of drug-likeness (QED) is 0.922. The molecule has 0 aliphatic heterocycles. The van der Waals surface area contributed by atoms with E-state index in [1.54, 1.807) is 11.3 Å². The number of thiophene rings is 1. The van der Waals surface area contributed by atoms with Gasteiger partial charge >= 0.3 is 5.97 Å². The number of rotatable bonds is 3.